The number of carbonyl (C=O) groups is 1. The standard InChI is InChI=1S/C19H21ClN2O5S/c1-14(27-18-5-3-2-4-17(18)20)19(23)21-15-6-8-16(9-7-15)28(24,25)22-10-12-26-13-11-22/h2-9,14H,10-13H2,1H3,(H,21,23). The molecule has 2 aromatic rings. The Bertz CT molecular complexity index is 928. The molecule has 1 unspecified atom stereocenters. The largest absolute Gasteiger partial charge is 0.479 e. The van der Waals surface area contributed by atoms with Crippen LogP contribution in [0.1, 0.15) is 6.92 Å². The van der Waals surface area contributed by atoms with E-state index in [1.807, 2.05) is 0 Å². The van der Waals surface area contributed by atoms with E-state index < -0.39 is 16.1 Å². The summed E-state index contributed by atoms with van der Waals surface area (Å²) >= 11 is 6.03. The van der Waals surface area contributed by atoms with Crippen molar-refractivity contribution in [2.45, 2.75) is 17.9 Å². The number of benzene rings is 2. The second-order valence-corrected chi connectivity index (χ2v) is 8.57. The summed E-state index contributed by atoms with van der Waals surface area (Å²) in [5.74, 6) is 0.0440. The van der Waals surface area contributed by atoms with Crippen LogP contribution in [0.15, 0.2) is 53.4 Å². The third kappa shape index (κ3) is 4.82. The molecule has 0 saturated carbocycles. The van der Waals surface area contributed by atoms with Crippen LogP contribution in [0, 0.1) is 0 Å². The minimum atomic E-state index is -3.57. The highest BCUT2D eigenvalue weighted by molar-refractivity contribution is 7.89. The lowest BCUT2D eigenvalue weighted by Crippen LogP contribution is -2.40. The lowest BCUT2D eigenvalue weighted by Gasteiger charge is -2.26. The molecule has 0 aliphatic carbocycles. The maximum Gasteiger partial charge on any atom is 0.265 e. The zero-order valence-corrected chi connectivity index (χ0v) is 16.9. The molecule has 1 N–H and O–H groups in total. The molecule has 150 valence electrons. The van der Waals surface area contributed by atoms with Crippen molar-refractivity contribution in [3.8, 4) is 5.75 Å². The minimum Gasteiger partial charge on any atom is -0.479 e. The molecular weight excluding hydrogens is 404 g/mol. The van der Waals surface area contributed by atoms with Crippen molar-refractivity contribution >= 4 is 33.2 Å². The molecule has 0 spiro atoms. The number of rotatable bonds is 6. The van der Waals surface area contributed by atoms with Crippen LogP contribution in [0.5, 0.6) is 5.75 Å². The van der Waals surface area contributed by atoms with Crippen molar-refractivity contribution in [2.24, 2.45) is 0 Å². The monoisotopic (exact) mass is 424 g/mol. The quantitative estimate of drug-likeness (QED) is 0.770. The van der Waals surface area contributed by atoms with Gasteiger partial charge in [-0.1, -0.05) is 23.7 Å². The zero-order valence-electron chi connectivity index (χ0n) is 15.3. The van der Waals surface area contributed by atoms with Gasteiger partial charge in [0.1, 0.15) is 5.75 Å². The minimum absolute atomic E-state index is 0.174. The molecule has 7 nitrogen and oxygen atoms in total. The highest BCUT2D eigenvalue weighted by Gasteiger charge is 2.26. The smallest absolute Gasteiger partial charge is 0.265 e. The first-order valence-corrected chi connectivity index (χ1v) is 10.6. The molecule has 9 heteroatoms. The molecule has 1 aliphatic rings. The molecule has 0 bridgehead atoms. The molecular formula is C19H21ClN2O5S. The Morgan fingerprint density at radius 3 is 2.43 bits per heavy atom. The fourth-order valence-electron chi connectivity index (χ4n) is 2.67. The van der Waals surface area contributed by atoms with E-state index in [1.165, 1.54) is 16.4 Å². The molecule has 1 amide bonds. The number of nitrogens with zero attached hydrogens (tertiary/aromatic N) is 1. The summed E-state index contributed by atoms with van der Waals surface area (Å²) in [5, 5.41) is 3.12. The maximum atomic E-state index is 12.6. The summed E-state index contributed by atoms with van der Waals surface area (Å²) in [6.07, 6.45) is -0.781. The Balaban J connectivity index is 1.63. The van der Waals surface area contributed by atoms with Crippen LogP contribution in [0.3, 0.4) is 0 Å². The second kappa shape index (κ2) is 8.91. The van der Waals surface area contributed by atoms with Crippen molar-refractivity contribution in [1.82, 2.24) is 4.31 Å². The topological polar surface area (TPSA) is 84.9 Å². The van der Waals surface area contributed by atoms with Gasteiger partial charge in [0.15, 0.2) is 6.10 Å². The molecule has 2 aromatic carbocycles. The average Bonchev–Trinajstić information content (AvgIpc) is 2.70. The number of hydrogen-bond donors (Lipinski definition) is 1. The SMILES string of the molecule is CC(Oc1ccccc1Cl)C(=O)Nc1ccc(S(=O)(=O)N2CCOCC2)cc1. The van der Waals surface area contributed by atoms with Gasteiger partial charge >= 0.3 is 0 Å². The summed E-state index contributed by atoms with van der Waals surface area (Å²) in [7, 11) is -3.57. The maximum absolute atomic E-state index is 12.6. The van der Waals surface area contributed by atoms with Crippen molar-refractivity contribution in [3.05, 3.63) is 53.6 Å². The van der Waals surface area contributed by atoms with E-state index in [4.69, 9.17) is 21.1 Å². The number of carbonyl (C=O) groups excluding carboxylic acids is 1. The van der Waals surface area contributed by atoms with E-state index in [0.717, 1.165) is 0 Å². The van der Waals surface area contributed by atoms with E-state index in [-0.39, 0.29) is 10.8 Å². The number of anilines is 1. The number of amides is 1. The summed E-state index contributed by atoms with van der Waals surface area (Å²) in [5.41, 5.74) is 0.473. The first-order valence-electron chi connectivity index (χ1n) is 8.78. The van der Waals surface area contributed by atoms with Crippen molar-refractivity contribution in [2.75, 3.05) is 31.6 Å². The summed E-state index contributed by atoms with van der Waals surface area (Å²) < 4.78 is 37.4. The molecule has 1 heterocycles. The van der Waals surface area contributed by atoms with Crippen molar-refractivity contribution < 1.29 is 22.7 Å². The van der Waals surface area contributed by atoms with E-state index in [2.05, 4.69) is 5.32 Å². The molecule has 28 heavy (non-hydrogen) atoms. The number of sulfonamides is 1. The van der Waals surface area contributed by atoms with Crippen LogP contribution in [0.2, 0.25) is 5.02 Å². The van der Waals surface area contributed by atoms with Gasteiger partial charge in [-0.15, -0.1) is 0 Å². The molecule has 1 aliphatic heterocycles. The van der Waals surface area contributed by atoms with Gasteiger partial charge in [-0.05, 0) is 43.3 Å². The highest BCUT2D eigenvalue weighted by Crippen LogP contribution is 2.25. The van der Waals surface area contributed by atoms with Crippen LogP contribution < -0.4 is 10.1 Å². The number of nitrogens with one attached hydrogen (secondary N) is 1. The van der Waals surface area contributed by atoms with Crippen molar-refractivity contribution in [1.29, 1.82) is 0 Å². The zero-order chi connectivity index (χ0) is 20.1. The average molecular weight is 425 g/mol. The fraction of sp³-hybridized carbons (Fsp3) is 0.316. The molecule has 0 aromatic heterocycles. The van der Waals surface area contributed by atoms with Gasteiger partial charge in [-0.3, -0.25) is 4.79 Å². The van der Waals surface area contributed by atoms with Crippen molar-refractivity contribution in [3.63, 3.8) is 0 Å². The van der Waals surface area contributed by atoms with Crippen LogP contribution in [0.25, 0.3) is 0 Å². The van der Waals surface area contributed by atoms with Gasteiger partial charge in [-0.25, -0.2) is 8.42 Å². The van der Waals surface area contributed by atoms with Gasteiger partial charge in [0.2, 0.25) is 10.0 Å². The molecule has 1 fully saturated rings. The normalized spacial score (nSPS) is 16.4. The number of ether oxygens (including phenoxy) is 2. The van der Waals surface area contributed by atoms with Gasteiger partial charge in [0, 0.05) is 18.8 Å². The van der Waals surface area contributed by atoms with E-state index >= 15 is 0 Å². The number of hydrogen-bond acceptors (Lipinski definition) is 5. The Labute approximate surface area is 169 Å². The third-order valence-electron chi connectivity index (χ3n) is 4.24. The highest BCUT2D eigenvalue weighted by atomic mass is 35.5. The fourth-order valence-corrected chi connectivity index (χ4v) is 4.26. The molecule has 3 rings (SSSR count). The molecule has 0 radical (unpaired) electrons. The third-order valence-corrected chi connectivity index (χ3v) is 6.46. The van der Waals surface area contributed by atoms with E-state index in [1.54, 1.807) is 43.3 Å². The lowest BCUT2D eigenvalue weighted by molar-refractivity contribution is -0.122. The molecule has 1 saturated heterocycles. The Morgan fingerprint density at radius 1 is 1.14 bits per heavy atom. The van der Waals surface area contributed by atoms with Gasteiger partial charge in [-0.2, -0.15) is 4.31 Å². The number of halogens is 1. The Morgan fingerprint density at radius 2 is 1.79 bits per heavy atom. The van der Waals surface area contributed by atoms with Crippen LogP contribution >= 0.6 is 11.6 Å². The van der Waals surface area contributed by atoms with Crippen LogP contribution in [-0.4, -0.2) is 51.0 Å². The number of para-hydroxylation sites is 1. The molecule has 1 atom stereocenters. The lowest BCUT2D eigenvalue weighted by atomic mass is 10.3. The summed E-state index contributed by atoms with van der Waals surface area (Å²) in [6.45, 7) is 3.04. The van der Waals surface area contributed by atoms with Crippen LogP contribution in [-0.2, 0) is 19.6 Å². The predicted molar refractivity (Wildman–Crippen MR) is 106 cm³/mol. The Hall–Kier alpha value is -2.13. The summed E-state index contributed by atoms with van der Waals surface area (Å²) in [6, 6.07) is 12.9. The van der Waals surface area contributed by atoms with E-state index in [0.29, 0.717) is 42.8 Å². The first kappa shape index (κ1) is 20.6. The van der Waals surface area contributed by atoms with Gasteiger partial charge < -0.3 is 14.8 Å². The predicted octanol–water partition coefficient (Wildman–Crippen LogP) is 2.77. The van der Waals surface area contributed by atoms with E-state index in [9.17, 15) is 13.2 Å². The van der Waals surface area contributed by atoms with Gasteiger partial charge in [0.25, 0.3) is 5.91 Å². The van der Waals surface area contributed by atoms with Gasteiger partial charge in [0.05, 0.1) is 23.1 Å². The first-order chi connectivity index (χ1) is 13.4. The number of morpholine rings is 1. The second-order valence-electron chi connectivity index (χ2n) is 6.22. The van der Waals surface area contributed by atoms with Crippen LogP contribution in [0.4, 0.5) is 5.69 Å². The summed E-state index contributed by atoms with van der Waals surface area (Å²) in [4.78, 5) is 12.5. The Kier molecular flexibility index (Phi) is 6.56.